The van der Waals surface area contributed by atoms with Crippen LogP contribution in [-0.4, -0.2) is 16.1 Å². The van der Waals surface area contributed by atoms with Crippen molar-refractivity contribution >= 4 is 10.8 Å². The van der Waals surface area contributed by atoms with Gasteiger partial charge in [-0.1, -0.05) is 30.3 Å². The normalized spacial score (nSPS) is 14.8. The first-order valence-corrected chi connectivity index (χ1v) is 9.49. The molecule has 0 aliphatic heterocycles. The maximum absolute atomic E-state index is 13.9. The SMILES string of the molecule is C[C@H](CCCC(C)(O)c1ccccc1F)NCc1ccc2cnccc2c1. The van der Waals surface area contributed by atoms with Crippen LogP contribution in [0.5, 0.6) is 0 Å². The van der Waals surface area contributed by atoms with Crippen LogP contribution in [0.3, 0.4) is 0 Å². The Labute approximate surface area is 160 Å². The van der Waals surface area contributed by atoms with E-state index in [-0.39, 0.29) is 5.82 Å². The first-order chi connectivity index (χ1) is 13.0. The molecule has 2 aromatic carbocycles. The summed E-state index contributed by atoms with van der Waals surface area (Å²) in [6.07, 6.45) is 5.95. The Morgan fingerprint density at radius 2 is 1.96 bits per heavy atom. The van der Waals surface area contributed by atoms with E-state index in [1.807, 2.05) is 18.5 Å². The Hall–Kier alpha value is -2.30. The smallest absolute Gasteiger partial charge is 0.129 e. The van der Waals surface area contributed by atoms with E-state index in [0.29, 0.717) is 18.0 Å². The molecular formula is C23H27FN2O. The molecule has 0 saturated carbocycles. The zero-order valence-electron chi connectivity index (χ0n) is 16.0. The van der Waals surface area contributed by atoms with Crippen molar-refractivity contribution in [3.05, 3.63) is 77.9 Å². The minimum atomic E-state index is -1.14. The quantitative estimate of drug-likeness (QED) is 0.594. The molecule has 1 unspecified atom stereocenters. The molecule has 0 bridgehead atoms. The molecular weight excluding hydrogens is 339 g/mol. The van der Waals surface area contributed by atoms with Crippen LogP contribution in [0, 0.1) is 5.82 Å². The number of aromatic nitrogens is 1. The monoisotopic (exact) mass is 366 g/mol. The van der Waals surface area contributed by atoms with Crippen LogP contribution < -0.4 is 5.32 Å². The number of nitrogens with one attached hydrogen (secondary N) is 1. The average molecular weight is 366 g/mol. The van der Waals surface area contributed by atoms with E-state index < -0.39 is 5.60 Å². The predicted molar refractivity (Wildman–Crippen MR) is 108 cm³/mol. The third kappa shape index (κ3) is 5.12. The van der Waals surface area contributed by atoms with E-state index >= 15 is 0 Å². The second-order valence-electron chi connectivity index (χ2n) is 7.49. The summed E-state index contributed by atoms with van der Waals surface area (Å²) in [6, 6.07) is 15.2. The summed E-state index contributed by atoms with van der Waals surface area (Å²) in [5.41, 5.74) is 0.465. The van der Waals surface area contributed by atoms with Gasteiger partial charge in [0, 0.05) is 35.9 Å². The fraction of sp³-hybridized carbons (Fsp3) is 0.348. The summed E-state index contributed by atoms with van der Waals surface area (Å²) in [5.74, 6) is -0.347. The van der Waals surface area contributed by atoms with Gasteiger partial charge in [0.25, 0.3) is 0 Å². The van der Waals surface area contributed by atoms with E-state index in [2.05, 4.69) is 35.4 Å². The molecule has 0 saturated heterocycles. The van der Waals surface area contributed by atoms with Crippen molar-refractivity contribution in [2.24, 2.45) is 0 Å². The summed E-state index contributed by atoms with van der Waals surface area (Å²) >= 11 is 0. The number of pyridine rings is 1. The molecule has 0 fully saturated rings. The van der Waals surface area contributed by atoms with Crippen molar-refractivity contribution in [2.75, 3.05) is 0 Å². The molecule has 3 aromatic rings. The van der Waals surface area contributed by atoms with Crippen molar-refractivity contribution in [3.8, 4) is 0 Å². The van der Waals surface area contributed by atoms with Gasteiger partial charge in [-0.05, 0) is 62.3 Å². The first-order valence-electron chi connectivity index (χ1n) is 9.49. The highest BCUT2D eigenvalue weighted by molar-refractivity contribution is 5.81. The second kappa shape index (κ2) is 8.59. The maximum atomic E-state index is 13.9. The van der Waals surface area contributed by atoms with E-state index in [1.165, 1.54) is 17.0 Å². The van der Waals surface area contributed by atoms with Gasteiger partial charge in [-0.2, -0.15) is 0 Å². The van der Waals surface area contributed by atoms with Crippen molar-refractivity contribution < 1.29 is 9.50 Å². The third-order valence-corrected chi connectivity index (χ3v) is 5.11. The number of benzene rings is 2. The third-order valence-electron chi connectivity index (χ3n) is 5.11. The van der Waals surface area contributed by atoms with Gasteiger partial charge in [0.1, 0.15) is 5.82 Å². The highest BCUT2D eigenvalue weighted by atomic mass is 19.1. The number of hydrogen-bond acceptors (Lipinski definition) is 3. The Kier molecular flexibility index (Phi) is 6.19. The van der Waals surface area contributed by atoms with Gasteiger partial charge in [0.2, 0.25) is 0 Å². The number of fused-ring (bicyclic) bond motifs is 1. The molecule has 27 heavy (non-hydrogen) atoms. The summed E-state index contributed by atoms with van der Waals surface area (Å²) in [6.45, 7) is 4.62. The number of nitrogens with zero attached hydrogens (tertiary/aromatic N) is 1. The van der Waals surface area contributed by atoms with Gasteiger partial charge in [0.15, 0.2) is 0 Å². The van der Waals surface area contributed by atoms with Crippen LogP contribution >= 0.6 is 0 Å². The van der Waals surface area contributed by atoms with Crippen molar-refractivity contribution in [2.45, 2.75) is 51.3 Å². The summed E-state index contributed by atoms with van der Waals surface area (Å²) in [7, 11) is 0. The molecule has 0 amide bonds. The minimum absolute atomic E-state index is 0.314. The molecule has 0 radical (unpaired) electrons. The molecule has 142 valence electrons. The minimum Gasteiger partial charge on any atom is -0.385 e. The molecule has 0 spiro atoms. The maximum Gasteiger partial charge on any atom is 0.129 e. The van der Waals surface area contributed by atoms with Gasteiger partial charge >= 0.3 is 0 Å². The van der Waals surface area contributed by atoms with Crippen LogP contribution in [-0.2, 0) is 12.1 Å². The molecule has 2 atom stereocenters. The van der Waals surface area contributed by atoms with Crippen LogP contribution in [0.1, 0.15) is 44.2 Å². The highest BCUT2D eigenvalue weighted by Crippen LogP contribution is 2.28. The van der Waals surface area contributed by atoms with Gasteiger partial charge < -0.3 is 10.4 Å². The second-order valence-corrected chi connectivity index (χ2v) is 7.49. The summed E-state index contributed by atoms with van der Waals surface area (Å²) in [4.78, 5) is 4.14. The van der Waals surface area contributed by atoms with E-state index in [4.69, 9.17) is 0 Å². The fourth-order valence-electron chi connectivity index (χ4n) is 3.42. The van der Waals surface area contributed by atoms with Crippen LogP contribution in [0.4, 0.5) is 4.39 Å². The largest absolute Gasteiger partial charge is 0.385 e. The lowest BCUT2D eigenvalue weighted by Crippen LogP contribution is -2.27. The van der Waals surface area contributed by atoms with E-state index in [9.17, 15) is 9.50 Å². The van der Waals surface area contributed by atoms with Gasteiger partial charge in [-0.3, -0.25) is 4.98 Å². The molecule has 3 nitrogen and oxygen atoms in total. The highest BCUT2D eigenvalue weighted by Gasteiger charge is 2.25. The predicted octanol–water partition coefficient (Wildman–Crippen LogP) is 4.93. The number of aliphatic hydroxyl groups is 1. The average Bonchev–Trinajstić information content (AvgIpc) is 2.66. The fourth-order valence-corrected chi connectivity index (χ4v) is 3.42. The van der Waals surface area contributed by atoms with Crippen LogP contribution in [0.2, 0.25) is 0 Å². The molecule has 2 N–H and O–H groups in total. The van der Waals surface area contributed by atoms with Gasteiger partial charge in [-0.25, -0.2) is 4.39 Å². The zero-order chi connectivity index (χ0) is 19.3. The van der Waals surface area contributed by atoms with Crippen molar-refractivity contribution in [1.29, 1.82) is 0 Å². The van der Waals surface area contributed by atoms with Crippen molar-refractivity contribution in [1.82, 2.24) is 10.3 Å². The number of hydrogen-bond donors (Lipinski definition) is 2. The lowest BCUT2D eigenvalue weighted by atomic mass is 9.89. The van der Waals surface area contributed by atoms with E-state index in [1.54, 1.807) is 25.1 Å². The summed E-state index contributed by atoms with van der Waals surface area (Å²) in [5, 5.41) is 16.5. The zero-order valence-corrected chi connectivity index (χ0v) is 16.0. The standard InChI is InChI=1S/C23H27FN2O/c1-17(6-5-12-23(2,27)21-7-3-4-8-22(21)24)26-15-18-9-10-20-16-25-13-11-19(20)14-18/h3-4,7-11,13-14,16-17,26-27H,5-6,12,15H2,1-2H3/t17-,23?/m1/s1. The van der Waals surface area contributed by atoms with Gasteiger partial charge in [-0.15, -0.1) is 0 Å². The number of rotatable bonds is 8. The molecule has 0 aliphatic carbocycles. The molecule has 1 heterocycles. The Balaban J connectivity index is 1.48. The molecule has 3 rings (SSSR count). The van der Waals surface area contributed by atoms with Gasteiger partial charge in [0.05, 0.1) is 5.60 Å². The molecule has 4 heteroatoms. The van der Waals surface area contributed by atoms with Crippen LogP contribution in [0.25, 0.3) is 10.8 Å². The number of halogens is 1. The molecule has 1 aromatic heterocycles. The Morgan fingerprint density at radius 1 is 1.15 bits per heavy atom. The summed E-state index contributed by atoms with van der Waals surface area (Å²) < 4.78 is 13.9. The first kappa shape index (κ1) is 19.5. The Morgan fingerprint density at radius 3 is 2.78 bits per heavy atom. The Bertz CT molecular complexity index is 894. The van der Waals surface area contributed by atoms with E-state index in [0.717, 1.165) is 24.8 Å². The van der Waals surface area contributed by atoms with Crippen LogP contribution in [0.15, 0.2) is 60.9 Å². The molecule has 0 aliphatic rings. The van der Waals surface area contributed by atoms with Crippen molar-refractivity contribution in [3.63, 3.8) is 0 Å². The topological polar surface area (TPSA) is 45.1 Å². The lowest BCUT2D eigenvalue weighted by molar-refractivity contribution is 0.0407. The lowest BCUT2D eigenvalue weighted by Gasteiger charge is -2.25.